The zero-order valence-electron chi connectivity index (χ0n) is 11.2. The topological polar surface area (TPSA) is 90.4 Å². The largest absolute Gasteiger partial charge is 0.497 e. The maximum Gasteiger partial charge on any atom is 0.251 e. The molecule has 0 aromatic heterocycles. The van der Waals surface area contributed by atoms with Crippen molar-refractivity contribution in [3.05, 3.63) is 53.6 Å². The lowest BCUT2D eigenvalue weighted by atomic mass is 10.1. The molecule has 2 aromatic carbocycles. The average Bonchev–Trinajstić information content (AvgIpc) is 2.47. The van der Waals surface area contributed by atoms with Crippen LogP contribution in [0.25, 0.3) is 0 Å². The van der Waals surface area contributed by atoms with Gasteiger partial charge in [-0.2, -0.15) is 0 Å². The molecule has 5 heteroatoms. The van der Waals surface area contributed by atoms with Gasteiger partial charge in [0.15, 0.2) is 0 Å². The molecule has 20 heavy (non-hydrogen) atoms. The lowest BCUT2D eigenvalue weighted by Crippen LogP contribution is -2.23. The second-order valence-corrected chi connectivity index (χ2v) is 4.38. The zero-order valence-corrected chi connectivity index (χ0v) is 11.2. The van der Waals surface area contributed by atoms with E-state index in [9.17, 15) is 4.79 Å². The van der Waals surface area contributed by atoms with E-state index in [-0.39, 0.29) is 5.91 Å². The molecule has 0 fully saturated rings. The Morgan fingerprint density at radius 2 is 1.95 bits per heavy atom. The fraction of sp³-hybridized carbons (Fsp3) is 0.133. The van der Waals surface area contributed by atoms with Gasteiger partial charge in [0.2, 0.25) is 0 Å². The van der Waals surface area contributed by atoms with Crippen LogP contribution in [0.15, 0.2) is 42.5 Å². The molecule has 2 aromatic rings. The Kier molecular flexibility index (Phi) is 4.10. The van der Waals surface area contributed by atoms with E-state index in [0.717, 1.165) is 11.3 Å². The van der Waals surface area contributed by atoms with E-state index in [2.05, 4.69) is 5.32 Å². The summed E-state index contributed by atoms with van der Waals surface area (Å²) in [5.74, 6) is 0.563. The molecule has 0 unspecified atom stereocenters. The molecule has 0 aliphatic carbocycles. The lowest BCUT2D eigenvalue weighted by Gasteiger charge is -2.08. The third-order valence-corrected chi connectivity index (χ3v) is 2.94. The molecule has 104 valence electrons. The third-order valence-electron chi connectivity index (χ3n) is 2.94. The number of nitrogens with two attached hydrogens (primary N) is 2. The smallest absolute Gasteiger partial charge is 0.251 e. The number of hydrogen-bond donors (Lipinski definition) is 3. The first-order chi connectivity index (χ1) is 9.60. The molecule has 0 aliphatic heterocycles. The first-order valence-corrected chi connectivity index (χ1v) is 6.16. The van der Waals surface area contributed by atoms with Crippen molar-refractivity contribution in [3.63, 3.8) is 0 Å². The molecule has 0 atom stereocenters. The Hall–Kier alpha value is -2.69. The number of ether oxygens (including phenoxy) is 1. The van der Waals surface area contributed by atoms with E-state index >= 15 is 0 Å². The fourth-order valence-corrected chi connectivity index (χ4v) is 1.78. The molecule has 0 spiro atoms. The first-order valence-electron chi connectivity index (χ1n) is 6.16. The molecule has 5 N–H and O–H groups in total. The van der Waals surface area contributed by atoms with Crippen molar-refractivity contribution in [1.29, 1.82) is 0 Å². The molecule has 5 nitrogen and oxygen atoms in total. The maximum atomic E-state index is 12.0. The monoisotopic (exact) mass is 271 g/mol. The van der Waals surface area contributed by atoms with E-state index < -0.39 is 0 Å². The summed E-state index contributed by atoms with van der Waals surface area (Å²) < 4.78 is 5.13. The number of amides is 1. The number of anilines is 2. The molecule has 0 saturated carbocycles. The predicted octanol–water partition coefficient (Wildman–Crippen LogP) is 1.79. The highest BCUT2D eigenvalue weighted by molar-refractivity contribution is 5.95. The van der Waals surface area contributed by atoms with Crippen LogP contribution in [0.5, 0.6) is 5.75 Å². The number of hydrogen-bond acceptors (Lipinski definition) is 4. The van der Waals surface area contributed by atoms with Crippen LogP contribution in [0.2, 0.25) is 0 Å². The van der Waals surface area contributed by atoms with Gasteiger partial charge in [-0.1, -0.05) is 12.1 Å². The molecule has 0 heterocycles. The van der Waals surface area contributed by atoms with Gasteiger partial charge in [-0.05, 0) is 35.9 Å². The Labute approximate surface area is 117 Å². The first kappa shape index (κ1) is 13.7. The number of nitrogens with one attached hydrogen (secondary N) is 1. The summed E-state index contributed by atoms with van der Waals surface area (Å²) in [6.07, 6.45) is 0. The van der Waals surface area contributed by atoms with Crippen molar-refractivity contribution in [2.75, 3.05) is 18.6 Å². The second kappa shape index (κ2) is 5.97. The molecule has 0 bridgehead atoms. The normalized spacial score (nSPS) is 10.1. The van der Waals surface area contributed by atoms with Crippen LogP contribution in [-0.2, 0) is 6.54 Å². The van der Waals surface area contributed by atoms with Gasteiger partial charge >= 0.3 is 0 Å². The summed E-state index contributed by atoms with van der Waals surface area (Å²) in [6.45, 7) is 0.417. The molecule has 0 aliphatic rings. The van der Waals surface area contributed by atoms with Crippen LogP contribution in [0.1, 0.15) is 15.9 Å². The average molecular weight is 271 g/mol. The summed E-state index contributed by atoms with van der Waals surface area (Å²) in [5, 5.41) is 2.82. The van der Waals surface area contributed by atoms with Crippen molar-refractivity contribution in [2.45, 2.75) is 6.54 Å². The van der Waals surface area contributed by atoms with Gasteiger partial charge in [0.05, 0.1) is 18.5 Å². The van der Waals surface area contributed by atoms with Crippen LogP contribution in [0.3, 0.4) is 0 Å². The van der Waals surface area contributed by atoms with Gasteiger partial charge < -0.3 is 21.5 Å². The molecule has 2 rings (SSSR count). The van der Waals surface area contributed by atoms with Crippen molar-refractivity contribution in [1.82, 2.24) is 5.32 Å². The highest BCUT2D eigenvalue weighted by Gasteiger charge is 2.07. The summed E-state index contributed by atoms with van der Waals surface area (Å²) in [6, 6.07) is 12.4. The SMILES string of the molecule is COc1cccc(CNC(=O)c2ccc(N)c(N)c2)c1. The predicted molar refractivity (Wildman–Crippen MR) is 79.4 cm³/mol. The Bertz CT molecular complexity index is 626. The highest BCUT2D eigenvalue weighted by atomic mass is 16.5. The minimum absolute atomic E-state index is 0.195. The number of benzene rings is 2. The quantitative estimate of drug-likeness (QED) is 0.739. The summed E-state index contributed by atoms with van der Waals surface area (Å²) >= 11 is 0. The van der Waals surface area contributed by atoms with Gasteiger partial charge in [-0.15, -0.1) is 0 Å². The molecule has 1 amide bonds. The highest BCUT2D eigenvalue weighted by Crippen LogP contribution is 2.16. The van der Waals surface area contributed by atoms with Gasteiger partial charge in [0.25, 0.3) is 5.91 Å². The van der Waals surface area contributed by atoms with Gasteiger partial charge in [-0.25, -0.2) is 0 Å². The number of carbonyl (C=O) groups excluding carboxylic acids is 1. The number of nitrogen functional groups attached to an aromatic ring is 2. The molecule has 0 saturated heterocycles. The van der Waals surface area contributed by atoms with Crippen molar-refractivity contribution >= 4 is 17.3 Å². The standard InChI is InChI=1S/C15H17N3O2/c1-20-12-4-2-3-10(7-12)9-18-15(19)11-5-6-13(16)14(17)8-11/h2-8H,9,16-17H2,1H3,(H,18,19). The summed E-state index contributed by atoms with van der Waals surface area (Å²) in [5.41, 5.74) is 13.6. The van der Waals surface area contributed by atoms with Crippen LogP contribution < -0.4 is 21.5 Å². The lowest BCUT2D eigenvalue weighted by molar-refractivity contribution is 0.0951. The zero-order chi connectivity index (χ0) is 14.5. The molecular weight excluding hydrogens is 254 g/mol. The molecule has 0 radical (unpaired) electrons. The van der Waals surface area contributed by atoms with Crippen LogP contribution in [-0.4, -0.2) is 13.0 Å². The van der Waals surface area contributed by atoms with E-state index in [1.54, 1.807) is 25.3 Å². The van der Waals surface area contributed by atoms with E-state index in [1.807, 2.05) is 24.3 Å². The minimum Gasteiger partial charge on any atom is -0.497 e. The van der Waals surface area contributed by atoms with Gasteiger partial charge in [0.1, 0.15) is 5.75 Å². The van der Waals surface area contributed by atoms with Crippen molar-refractivity contribution in [2.24, 2.45) is 0 Å². The van der Waals surface area contributed by atoms with Crippen LogP contribution in [0.4, 0.5) is 11.4 Å². The van der Waals surface area contributed by atoms with Crippen LogP contribution in [0, 0.1) is 0 Å². The second-order valence-electron chi connectivity index (χ2n) is 4.38. The Balaban J connectivity index is 2.02. The summed E-state index contributed by atoms with van der Waals surface area (Å²) in [7, 11) is 1.61. The van der Waals surface area contributed by atoms with Gasteiger partial charge in [0, 0.05) is 12.1 Å². The van der Waals surface area contributed by atoms with E-state index in [0.29, 0.717) is 23.5 Å². The maximum absolute atomic E-state index is 12.0. The Morgan fingerprint density at radius 3 is 2.65 bits per heavy atom. The minimum atomic E-state index is -0.195. The number of methoxy groups -OCH3 is 1. The number of rotatable bonds is 4. The van der Waals surface area contributed by atoms with E-state index in [1.165, 1.54) is 0 Å². The van der Waals surface area contributed by atoms with Crippen LogP contribution >= 0.6 is 0 Å². The van der Waals surface area contributed by atoms with Crippen molar-refractivity contribution in [3.8, 4) is 5.75 Å². The van der Waals surface area contributed by atoms with Crippen molar-refractivity contribution < 1.29 is 9.53 Å². The van der Waals surface area contributed by atoms with E-state index in [4.69, 9.17) is 16.2 Å². The molecular formula is C15H17N3O2. The fourth-order valence-electron chi connectivity index (χ4n) is 1.78. The Morgan fingerprint density at radius 1 is 1.15 bits per heavy atom. The third kappa shape index (κ3) is 3.20. The number of carbonyl (C=O) groups is 1. The summed E-state index contributed by atoms with van der Waals surface area (Å²) in [4.78, 5) is 12.0. The van der Waals surface area contributed by atoms with Gasteiger partial charge in [-0.3, -0.25) is 4.79 Å².